The average molecular weight is 763 g/mol. The molecule has 0 atom stereocenters. The zero-order valence-electron chi connectivity index (χ0n) is 40.6. The number of fused-ring (bicyclic) bond motifs is 6. The molecule has 0 saturated carbocycles. The summed E-state index contributed by atoms with van der Waals surface area (Å²) < 4.78 is 78.5. The first kappa shape index (κ1) is 27.3. The zero-order valence-corrected chi connectivity index (χ0v) is 32.6. The van der Waals surface area contributed by atoms with Gasteiger partial charge in [-0.1, -0.05) is 165 Å². The predicted molar refractivity (Wildman–Crippen MR) is 249 cm³/mol. The Hall–Kier alpha value is -7.42. The van der Waals surface area contributed by atoms with Gasteiger partial charge in [-0.15, -0.1) is 0 Å². The molecule has 1 aliphatic rings. The minimum Gasteiger partial charge on any atom is -0.310 e. The van der Waals surface area contributed by atoms with E-state index in [1.807, 2.05) is 140 Å². The molecule has 0 aliphatic heterocycles. The van der Waals surface area contributed by atoms with Gasteiger partial charge in [0, 0.05) is 38.9 Å². The Bertz CT molecular complexity index is 3610. The van der Waals surface area contributed by atoms with Crippen molar-refractivity contribution < 1.29 is 11.0 Å². The molecule has 2 heteroatoms. The summed E-state index contributed by atoms with van der Waals surface area (Å²) in [6.45, 7) is 4.36. The van der Waals surface area contributed by atoms with Crippen molar-refractivity contribution >= 4 is 38.9 Å². The van der Waals surface area contributed by atoms with E-state index in [4.69, 9.17) is 1.37 Å². The second-order valence-corrected chi connectivity index (χ2v) is 15.5. The molecule has 59 heavy (non-hydrogen) atoms. The van der Waals surface area contributed by atoms with Crippen LogP contribution in [0.4, 0.5) is 17.1 Å². The fraction of sp³-hybridized carbons (Fsp3) is 0.0526. The minimum absolute atomic E-state index is 0.000499. The van der Waals surface area contributed by atoms with Crippen LogP contribution in [0.3, 0.4) is 0 Å². The highest BCUT2D eigenvalue weighted by atomic mass is 15.1. The number of para-hydroxylation sites is 2. The van der Waals surface area contributed by atoms with Gasteiger partial charge in [-0.05, 0) is 122 Å². The van der Waals surface area contributed by atoms with Crippen molar-refractivity contribution in [2.75, 3.05) is 4.90 Å². The predicted octanol–water partition coefficient (Wildman–Crippen LogP) is 15.6. The number of rotatable bonds is 7. The normalized spacial score (nSPS) is 14.6. The Kier molecular flexibility index (Phi) is 6.42. The van der Waals surface area contributed by atoms with Gasteiger partial charge in [0.2, 0.25) is 0 Å². The van der Waals surface area contributed by atoms with Crippen molar-refractivity contribution in [3.05, 3.63) is 229 Å². The summed E-state index contributed by atoms with van der Waals surface area (Å²) in [5.74, 6) is 0. The van der Waals surface area contributed by atoms with E-state index in [1.54, 1.807) is 11.0 Å². The van der Waals surface area contributed by atoms with E-state index in [0.29, 0.717) is 16.9 Å². The summed E-state index contributed by atoms with van der Waals surface area (Å²) in [6, 6.07) is 52.3. The summed E-state index contributed by atoms with van der Waals surface area (Å²) in [6.07, 6.45) is 0. The third kappa shape index (κ3) is 5.79. The molecule has 9 aromatic carbocycles. The minimum atomic E-state index is -0.514. The summed E-state index contributed by atoms with van der Waals surface area (Å²) in [5.41, 5.74) is 10.1. The Balaban J connectivity index is 1.13. The van der Waals surface area contributed by atoms with Crippen molar-refractivity contribution in [3.63, 3.8) is 0 Å². The molecule has 0 amide bonds. The topological polar surface area (TPSA) is 8.17 Å². The number of anilines is 3. The molecule has 0 fully saturated rings. The summed E-state index contributed by atoms with van der Waals surface area (Å²) in [7, 11) is 0. The second-order valence-electron chi connectivity index (χ2n) is 15.5. The molecule has 0 radical (unpaired) electrons. The van der Waals surface area contributed by atoms with Crippen molar-refractivity contribution in [3.8, 4) is 50.2 Å². The maximum atomic E-state index is 9.82. The van der Waals surface area contributed by atoms with Crippen molar-refractivity contribution in [2.24, 2.45) is 0 Å². The SMILES string of the molecule is [2H]c1c([2H])c(-c2c([2H])c([2H])c(N(c3ccc(-c4ccccc4)cc3)c3ccc4c(c3)C(C)(C)c3ccccc3-4)c([2H])c2[2H])c([2H])c(-c2cccc3c2c2ccccc2n3-c2ccccc2)c1[2H]. The van der Waals surface area contributed by atoms with E-state index >= 15 is 0 Å². The largest absolute Gasteiger partial charge is 0.310 e. The highest BCUT2D eigenvalue weighted by Gasteiger charge is 2.35. The lowest BCUT2D eigenvalue weighted by Gasteiger charge is -2.28. The Morgan fingerprint density at radius 2 is 1.07 bits per heavy atom. The smallest absolute Gasteiger partial charge is 0.0645 e. The summed E-state index contributed by atoms with van der Waals surface area (Å²) in [5, 5.41) is 1.61. The molecule has 1 heterocycles. The van der Waals surface area contributed by atoms with Crippen LogP contribution in [0.5, 0.6) is 0 Å². The van der Waals surface area contributed by atoms with Crippen LogP contribution in [0.2, 0.25) is 0 Å². The summed E-state index contributed by atoms with van der Waals surface area (Å²) in [4.78, 5) is 1.76. The monoisotopic (exact) mass is 762 g/mol. The van der Waals surface area contributed by atoms with Crippen LogP contribution >= 0.6 is 0 Å². The van der Waals surface area contributed by atoms with E-state index < -0.39 is 24.2 Å². The van der Waals surface area contributed by atoms with Gasteiger partial charge in [0.05, 0.1) is 22.0 Å². The van der Waals surface area contributed by atoms with E-state index in [0.717, 1.165) is 55.3 Å². The Morgan fingerprint density at radius 1 is 0.441 bits per heavy atom. The molecule has 0 saturated heterocycles. The molecule has 1 aliphatic carbocycles. The first-order chi connectivity index (χ1) is 32.4. The van der Waals surface area contributed by atoms with Crippen molar-refractivity contribution in [1.29, 1.82) is 0 Å². The van der Waals surface area contributed by atoms with E-state index in [-0.39, 0.29) is 52.0 Å². The van der Waals surface area contributed by atoms with Crippen LogP contribution in [0.15, 0.2) is 218 Å². The second kappa shape index (κ2) is 13.9. The van der Waals surface area contributed by atoms with Crippen molar-refractivity contribution in [1.82, 2.24) is 4.57 Å². The van der Waals surface area contributed by atoms with Gasteiger partial charge in [-0.3, -0.25) is 0 Å². The van der Waals surface area contributed by atoms with Gasteiger partial charge in [0.15, 0.2) is 0 Å². The Labute approximate surface area is 357 Å². The molecule has 0 spiro atoms. The number of hydrogen-bond acceptors (Lipinski definition) is 1. The van der Waals surface area contributed by atoms with Crippen LogP contribution in [-0.2, 0) is 5.41 Å². The van der Waals surface area contributed by atoms with Gasteiger partial charge >= 0.3 is 0 Å². The average Bonchev–Trinajstić information content (AvgIpc) is 3.81. The lowest BCUT2D eigenvalue weighted by Crippen LogP contribution is -2.16. The first-order valence-corrected chi connectivity index (χ1v) is 19.9. The molecule has 0 bridgehead atoms. The van der Waals surface area contributed by atoms with Crippen molar-refractivity contribution in [2.45, 2.75) is 19.3 Å². The lowest BCUT2D eigenvalue weighted by molar-refractivity contribution is 0.660. The molecule has 10 aromatic rings. The van der Waals surface area contributed by atoms with Gasteiger partial charge < -0.3 is 9.47 Å². The van der Waals surface area contributed by atoms with Gasteiger partial charge in [-0.2, -0.15) is 0 Å². The number of benzene rings is 9. The summed E-state index contributed by atoms with van der Waals surface area (Å²) >= 11 is 0. The maximum absolute atomic E-state index is 9.82. The zero-order chi connectivity index (χ0) is 46.5. The molecule has 11 rings (SSSR count). The molecule has 2 nitrogen and oxygen atoms in total. The third-order valence-corrected chi connectivity index (χ3v) is 11.7. The Morgan fingerprint density at radius 3 is 1.88 bits per heavy atom. The van der Waals surface area contributed by atoms with Gasteiger partial charge in [0.1, 0.15) is 0 Å². The van der Waals surface area contributed by atoms with Crippen LogP contribution in [0, 0.1) is 0 Å². The molecular formula is C57H42N2. The number of hydrogen-bond donors (Lipinski definition) is 0. The highest BCUT2D eigenvalue weighted by Crippen LogP contribution is 2.51. The standard InChI is InChI=1S/C57H42N2/c1-57(2)52-24-11-9-21-49(52)50-36-35-47(38-53(50)57)58(45-31-27-40(28-32-45)39-15-5-3-6-16-39)46-33-29-41(30-34-46)42-17-13-18-43(37-42)48-23-14-26-55-56(48)51-22-10-12-25-54(51)59(55)44-19-7-4-8-20-44/h3-38H,1-2H3/i13D,17D,18D,29D,30D,33D,34D,37D. The fourth-order valence-corrected chi connectivity index (χ4v) is 8.90. The fourth-order valence-electron chi connectivity index (χ4n) is 8.90. The van der Waals surface area contributed by atoms with Crippen LogP contribution < -0.4 is 4.90 Å². The number of aromatic nitrogens is 1. The molecule has 280 valence electrons. The van der Waals surface area contributed by atoms with Crippen LogP contribution in [0.1, 0.15) is 35.9 Å². The quantitative estimate of drug-likeness (QED) is 0.157. The molecule has 0 unspecified atom stereocenters. The first-order valence-electron chi connectivity index (χ1n) is 23.9. The van der Waals surface area contributed by atoms with Crippen LogP contribution in [-0.4, -0.2) is 4.57 Å². The maximum Gasteiger partial charge on any atom is 0.0645 e. The highest BCUT2D eigenvalue weighted by molar-refractivity contribution is 6.15. The van der Waals surface area contributed by atoms with Crippen LogP contribution in [0.25, 0.3) is 72.0 Å². The molecule has 1 aromatic heterocycles. The lowest BCUT2D eigenvalue weighted by atomic mass is 9.82. The number of nitrogens with zero attached hydrogens (tertiary/aromatic N) is 2. The van der Waals surface area contributed by atoms with E-state index in [1.165, 1.54) is 5.56 Å². The third-order valence-electron chi connectivity index (χ3n) is 11.7. The van der Waals surface area contributed by atoms with Gasteiger partial charge in [-0.25, -0.2) is 0 Å². The molecule has 0 N–H and O–H groups in total. The van der Waals surface area contributed by atoms with Gasteiger partial charge in [0.25, 0.3) is 0 Å². The van der Waals surface area contributed by atoms with E-state index in [2.05, 4.69) is 42.7 Å². The van der Waals surface area contributed by atoms with E-state index in [9.17, 15) is 9.60 Å². The molecular weight excluding hydrogens is 713 g/mol.